The predicted molar refractivity (Wildman–Crippen MR) is 53.6 cm³/mol. The van der Waals surface area contributed by atoms with E-state index in [-0.39, 0.29) is 15.5 Å². The minimum atomic E-state index is -3.84. The number of hydrogen-bond donors (Lipinski definition) is 1. The molecule has 0 aromatic heterocycles. The zero-order chi connectivity index (χ0) is 11.3. The maximum Gasteiger partial charge on any atom is 0.238 e. The molecule has 0 amide bonds. The van der Waals surface area contributed by atoms with Crippen molar-refractivity contribution in [2.45, 2.75) is 16.2 Å². The lowest BCUT2D eigenvalue weighted by Gasteiger charge is -2.01. The van der Waals surface area contributed by atoms with Crippen molar-refractivity contribution in [1.29, 1.82) is 0 Å². The zero-order valence-corrected chi connectivity index (χ0v) is 9.31. The van der Waals surface area contributed by atoms with Crippen LogP contribution in [0.4, 0.5) is 0 Å². The van der Waals surface area contributed by atoms with E-state index < -0.39 is 19.9 Å². The van der Waals surface area contributed by atoms with Crippen LogP contribution in [0.25, 0.3) is 0 Å². The van der Waals surface area contributed by atoms with E-state index in [2.05, 4.69) is 0 Å². The highest BCUT2D eigenvalue weighted by Crippen LogP contribution is 2.27. The summed E-state index contributed by atoms with van der Waals surface area (Å²) >= 11 is 0. The predicted octanol–water partition coefficient (Wildman–Crippen LogP) is -0.336. The average molecular weight is 247 g/mol. The van der Waals surface area contributed by atoms with Crippen LogP contribution in [0, 0.1) is 0 Å². The Bertz CT molecular complexity index is 616. The summed E-state index contributed by atoms with van der Waals surface area (Å²) in [5.74, 6) is 0.0381. The van der Waals surface area contributed by atoms with Crippen molar-refractivity contribution in [2.75, 3.05) is 5.75 Å². The van der Waals surface area contributed by atoms with Gasteiger partial charge in [-0.15, -0.1) is 0 Å². The lowest BCUT2D eigenvalue weighted by Crippen LogP contribution is -2.12. The first-order valence-electron chi connectivity index (χ1n) is 4.19. The molecule has 82 valence electrons. The SMILES string of the molecule is NS(=O)(=O)c1ccc2c(c1)S(=O)(=O)CC2. The van der Waals surface area contributed by atoms with Gasteiger partial charge < -0.3 is 0 Å². The molecular formula is C8H9NO4S2. The highest BCUT2D eigenvalue weighted by molar-refractivity contribution is 7.92. The Balaban J connectivity index is 2.72. The van der Waals surface area contributed by atoms with E-state index in [1.54, 1.807) is 0 Å². The van der Waals surface area contributed by atoms with Gasteiger partial charge in [-0.05, 0) is 24.1 Å². The first kappa shape index (κ1) is 10.6. The van der Waals surface area contributed by atoms with Gasteiger partial charge in [0.15, 0.2) is 9.84 Å². The molecule has 0 fully saturated rings. The van der Waals surface area contributed by atoms with Crippen molar-refractivity contribution >= 4 is 19.9 Å². The molecule has 1 heterocycles. The minimum absolute atomic E-state index is 0.0381. The standard InChI is InChI=1S/C8H9NO4S2/c9-15(12,13)7-2-1-6-3-4-14(10,11)8(6)5-7/h1-2,5H,3-4H2,(H2,9,12,13). The molecule has 1 aromatic rings. The van der Waals surface area contributed by atoms with Gasteiger partial charge in [-0.25, -0.2) is 22.0 Å². The maximum absolute atomic E-state index is 11.5. The molecule has 15 heavy (non-hydrogen) atoms. The van der Waals surface area contributed by atoms with Gasteiger partial charge in [0.05, 0.1) is 15.5 Å². The van der Waals surface area contributed by atoms with Gasteiger partial charge >= 0.3 is 0 Å². The van der Waals surface area contributed by atoms with Crippen molar-refractivity contribution in [1.82, 2.24) is 0 Å². The molecular weight excluding hydrogens is 238 g/mol. The summed E-state index contributed by atoms with van der Waals surface area (Å²) in [7, 11) is -7.15. The van der Waals surface area contributed by atoms with Crippen LogP contribution < -0.4 is 5.14 Å². The molecule has 1 aliphatic heterocycles. The summed E-state index contributed by atoms with van der Waals surface area (Å²) in [5.41, 5.74) is 0.655. The molecule has 0 atom stereocenters. The normalized spacial score (nSPS) is 18.7. The van der Waals surface area contributed by atoms with Gasteiger partial charge in [-0.1, -0.05) is 6.07 Å². The molecule has 5 nitrogen and oxygen atoms in total. The molecule has 0 radical (unpaired) electrons. The number of hydrogen-bond acceptors (Lipinski definition) is 4. The Labute approximate surface area is 87.9 Å². The quantitative estimate of drug-likeness (QED) is 0.734. The molecule has 0 saturated carbocycles. The summed E-state index contributed by atoms with van der Waals surface area (Å²) < 4.78 is 45.0. The maximum atomic E-state index is 11.5. The molecule has 2 N–H and O–H groups in total. The van der Waals surface area contributed by atoms with Crippen LogP contribution in [-0.2, 0) is 26.3 Å². The number of benzene rings is 1. The van der Waals surface area contributed by atoms with Crippen molar-refractivity contribution in [3.8, 4) is 0 Å². The van der Waals surface area contributed by atoms with Gasteiger partial charge in [-0.3, -0.25) is 0 Å². The van der Waals surface area contributed by atoms with Gasteiger partial charge in [0, 0.05) is 0 Å². The molecule has 0 spiro atoms. The Morgan fingerprint density at radius 3 is 2.53 bits per heavy atom. The Hall–Kier alpha value is -0.920. The topological polar surface area (TPSA) is 94.3 Å². The number of fused-ring (bicyclic) bond motifs is 1. The minimum Gasteiger partial charge on any atom is -0.225 e. The third kappa shape index (κ3) is 1.77. The molecule has 0 bridgehead atoms. The number of rotatable bonds is 1. The van der Waals surface area contributed by atoms with E-state index in [1.807, 2.05) is 0 Å². The summed E-state index contributed by atoms with van der Waals surface area (Å²) in [4.78, 5) is -0.0687. The van der Waals surface area contributed by atoms with E-state index in [9.17, 15) is 16.8 Å². The summed E-state index contributed by atoms with van der Waals surface area (Å²) in [6.45, 7) is 0. The summed E-state index contributed by atoms with van der Waals surface area (Å²) in [6.07, 6.45) is 0.433. The van der Waals surface area contributed by atoms with Crippen molar-refractivity contribution in [3.05, 3.63) is 23.8 Å². The highest BCUT2D eigenvalue weighted by Gasteiger charge is 2.27. The molecule has 1 aliphatic rings. The Kier molecular flexibility index (Phi) is 2.14. The lowest BCUT2D eigenvalue weighted by atomic mass is 10.2. The largest absolute Gasteiger partial charge is 0.238 e. The number of aryl methyl sites for hydroxylation is 1. The molecule has 2 rings (SSSR count). The van der Waals surface area contributed by atoms with E-state index in [4.69, 9.17) is 5.14 Å². The molecule has 0 saturated heterocycles. The van der Waals surface area contributed by atoms with E-state index in [0.29, 0.717) is 12.0 Å². The number of nitrogens with two attached hydrogens (primary N) is 1. The monoisotopic (exact) mass is 247 g/mol. The first-order valence-corrected chi connectivity index (χ1v) is 7.39. The van der Waals surface area contributed by atoms with Crippen molar-refractivity contribution in [3.63, 3.8) is 0 Å². The van der Waals surface area contributed by atoms with Crippen LogP contribution in [0.3, 0.4) is 0 Å². The smallest absolute Gasteiger partial charge is 0.225 e. The molecule has 7 heteroatoms. The molecule has 1 aromatic carbocycles. The Morgan fingerprint density at radius 1 is 1.27 bits per heavy atom. The lowest BCUT2D eigenvalue weighted by molar-refractivity contribution is 0.597. The fraction of sp³-hybridized carbons (Fsp3) is 0.250. The fourth-order valence-corrected chi connectivity index (χ4v) is 3.76. The second-order valence-electron chi connectivity index (χ2n) is 3.38. The van der Waals surface area contributed by atoms with E-state index in [1.165, 1.54) is 12.1 Å². The number of sulfone groups is 1. The molecule has 0 unspecified atom stereocenters. The highest BCUT2D eigenvalue weighted by atomic mass is 32.2. The van der Waals surface area contributed by atoms with Crippen LogP contribution in [0.15, 0.2) is 28.0 Å². The number of sulfonamides is 1. The van der Waals surface area contributed by atoms with Crippen LogP contribution in [-0.4, -0.2) is 22.6 Å². The zero-order valence-electron chi connectivity index (χ0n) is 7.67. The fourth-order valence-electron chi connectivity index (χ4n) is 1.56. The summed E-state index contributed by atoms with van der Waals surface area (Å²) in [6, 6.07) is 3.96. The van der Waals surface area contributed by atoms with Crippen molar-refractivity contribution in [2.24, 2.45) is 5.14 Å². The van der Waals surface area contributed by atoms with Gasteiger partial charge in [0.1, 0.15) is 0 Å². The van der Waals surface area contributed by atoms with E-state index in [0.717, 1.165) is 6.07 Å². The van der Waals surface area contributed by atoms with Crippen molar-refractivity contribution < 1.29 is 16.8 Å². The molecule has 0 aliphatic carbocycles. The second kappa shape index (κ2) is 3.03. The van der Waals surface area contributed by atoms with Crippen LogP contribution in [0.2, 0.25) is 0 Å². The number of primary sulfonamides is 1. The Morgan fingerprint density at radius 2 is 1.93 bits per heavy atom. The van der Waals surface area contributed by atoms with Crippen LogP contribution in [0.1, 0.15) is 5.56 Å². The van der Waals surface area contributed by atoms with E-state index >= 15 is 0 Å². The van der Waals surface area contributed by atoms with Gasteiger partial charge in [0.25, 0.3) is 0 Å². The third-order valence-electron chi connectivity index (χ3n) is 2.34. The average Bonchev–Trinajstić information content (AvgIpc) is 2.41. The van der Waals surface area contributed by atoms with Crippen LogP contribution >= 0.6 is 0 Å². The van der Waals surface area contributed by atoms with Crippen LogP contribution in [0.5, 0.6) is 0 Å². The third-order valence-corrected chi connectivity index (χ3v) is 5.05. The first-order chi connectivity index (χ1) is 6.81. The van der Waals surface area contributed by atoms with Gasteiger partial charge in [0.2, 0.25) is 10.0 Å². The second-order valence-corrected chi connectivity index (χ2v) is 7.02. The summed E-state index contributed by atoms with van der Waals surface area (Å²) in [5, 5.41) is 4.92. The van der Waals surface area contributed by atoms with Gasteiger partial charge in [-0.2, -0.15) is 0 Å².